The minimum absolute atomic E-state index is 0.319. The smallest absolute Gasteiger partial charge is 0.127 e. The van der Waals surface area contributed by atoms with Gasteiger partial charge in [-0.25, -0.2) is 4.39 Å². The Bertz CT molecular complexity index is 597. The Morgan fingerprint density at radius 2 is 1.83 bits per heavy atom. The van der Waals surface area contributed by atoms with Crippen molar-refractivity contribution in [3.63, 3.8) is 0 Å². The van der Waals surface area contributed by atoms with Crippen molar-refractivity contribution in [2.75, 3.05) is 0 Å². The van der Waals surface area contributed by atoms with Gasteiger partial charge in [0.2, 0.25) is 0 Å². The first kappa shape index (κ1) is 13.3. The fourth-order valence-corrected chi connectivity index (χ4v) is 2.27. The summed E-state index contributed by atoms with van der Waals surface area (Å²) in [5, 5.41) is 0.954. The third-order valence-corrected chi connectivity index (χ3v) is 3.38. The number of benzene rings is 2. The first-order valence-electron chi connectivity index (χ1n) is 5.47. The van der Waals surface area contributed by atoms with Gasteiger partial charge in [-0.2, -0.15) is 0 Å². The number of nitrogens with two attached hydrogens (primary N) is 1. The molecule has 4 heteroatoms. The highest BCUT2D eigenvalue weighted by molar-refractivity contribution is 6.34. The van der Waals surface area contributed by atoms with E-state index in [1.165, 1.54) is 6.07 Å². The lowest BCUT2D eigenvalue weighted by atomic mass is 9.98. The summed E-state index contributed by atoms with van der Waals surface area (Å²) in [5.74, 6) is -0.319. The molecule has 18 heavy (non-hydrogen) atoms. The lowest BCUT2D eigenvalue weighted by molar-refractivity contribution is 0.619. The topological polar surface area (TPSA) is 26.0 Å². The molecule has 0 fully saturated rings. The van der Waals surface area contributed by atoms with Crippen LogP contribution in [0.5, 0.6) is 0 Å². The number of hydrogen-bond acceptors (Lipinski definition) is 1. The Morgan fingerprint density at radius 3 is 2.50 bits per heavy atom. The molecule has 2 N–H and O–H groups in total. The summed E-state index contributed by atoms with van der Waals surface area (Å²) in [4.78, 5) is 0. The molecule has 2 rings (SSSR count). The molecule has 94 valence electrons. The van der Waals surface area contributed by atoms with Crippen LogP contribution in [0.2, 0.25) is 10.0 Å². The van der Waals surface area contributed by atoms with Gasteiger partial charge in [0.05, 0.1) is 5.02 Å². The maximum atomic E-state index is 13.4. The van der Waals surface area contributed by atoms with Gasteiger partial charge >= 0.3 is 0 Å². The third-order valence-electron chi connectivity index (χ3n) is 2.83. The monoisotopic (exact) mass is 283 g/mol. The molecule has 0 atom stereocenters. The van der Waals surface area contributed by atoms with E-state index in [0.717, 1.165) is 16.7 Å². The number of rotatable bonds is 2. The van der Waals surface area contributed by atoms with Gasteiger partial charge in [0.1, 0.15) is 5.82 Å². The molecule has 2 aromatic rings. The second-order valence-corrected chi connectivity index (χ2v) is 4.93. The SMILES string of the molecule is Cc1cc(-c2cc(Cl)ccc2CN)c(Cl)cc1F. The van der Waals surface area contributed by atoms with Crippen LogP contribution in [0.1, 0.15) is 11.1 Å². The van der Waals surface area contributed by atoms with Crippen molar-refractivity contribution in [2.45, 2.75) is 13.5 Å². The molecule has 0 radical (unpaired) electrons. The van der Waals surface area contributed by atoms with Crippen LogP contribution in [0.3, 0.4) is 0 Å². The van der Waals surface area contributed by atoms with E-state index in [4.69, 9.17) is 28.9 Å². The summed E-state index contributed by atoms with van der Waals surface area (Å²) in [5.41, 5.74) is 8.75. The molecule has 0 aliphatic carbocycles. The van der Waals surface area contributed by atoms with Gasteiger partial charge < -0.3 is 5.73 Å². The highest BCUT2D eigenvalue weighted by Crippen LogP contribution is 2.34. The van der Waals surface area contributed by atoms with Gasteiger partial charge in [-0.3, -0.25) is 0 Å². The van der Waals surface area contributed by atoms with Crippen LogP contribution in [-0.2, 0) is 6.54 Å². The molecule has 0 unspecified atom stereocenters. The summed E-state index contributed by atoms with van der Waals surface area (Å²) < 4.78 is 13.4. The van der Waals surface area contributed by atoms with Crippen molar-refractivity contribution in [3.05, 3.63) is 57.3 Å². The Hall–Kier alpha value is -1.09. The summed E-state index contributed by atoms with van der Waals surface area (Å²) in [6.07, 6.45) is 0. The van der Waals surface area contributed by atoms with Crippen LogP contribution in [0, 0.1) is 12.7 Å². The van der Waals surface area contributed by atoms with Crippen LogP contribution in [0.25, 0.3) is 11.1 Å². The van der Waals surface area contributed by atoms with Crippen molar-refractivity contribution >= 4 is 23.2 Å². The number of hydrogen-bond donors (Lipinski definition) is 1. The zero-order valence-corrected chi connectivity index (χ0v) is 11.3. The largest absolute Gasteiger partial charge is 0.326 e. The quantitative estimate of drug-likeness (QED) is 0.859. The molecule has 1 nitrogen and oxygen atoms in total. The van der Waals surface area contributed by atoms with Crippen LogP contribution < -0.4 is 5.73 Å². The molecule has 0 spiro atoms. The average Bonchev–Trinajstić information content (AvgIpc) is 2.34. The molecule has 0 bridgehead atoms. The second-order valence-electron chi connectivity index (χ2n) is 4.09. The van der Waals surface area contributed by atoms with E-state index in [-0.39, 0.29) is 5.82 Å². The number of aryl methyl sites for hydroxylation is 1. The predicted molar refractivity (Wildman–Crippen MR) is 74.5 cm³/mol. The Morgan fingerprint density at radius 1 is 1.11 bits per heavy atom. The summed E-state index contributed by atoms with van der Waals surface area (Å²) in [6.45, 7) is 2.07. The van der Waals surface area contributed by atoms with Crippen LogP contribution in [0.4, 0.5) is 4.39 Å². The first-order chi connectivity index (χ1) is 8.52. The standard InChI is InChI=1S/C14H12Cl2FN/c1-8-4-12(13(16)6-14(8)17)11-5-10(15)3-2-9(11)7-18/h2-6H,7,18H2,1H3. The van der Waals surface area contributed by atoms with Crippen molar-refractivity contribution < 1.29 is 4.39 Å². The zero-order chi connectivity index (χ0) is 13.3. The molecule has 0 aromatic heterocycles. The summed E-state index contributed by atoms with van der Waals surface area (Å²) in [7, 11) is 0. The zero-order valence-electron chi connectivity index (χ0n) is 9.81. The first-order valence-corrected chi connectivity index (χ1v) is 6.23. The van der Waals surface area contributed by atoms with Crippen LogP contribution in [-0.4, -0.2) is 0 Å². The fraction of sp³-hybridized carbons (Fsp3) is 0.143. The van der Waals surface area contributed by atoms with E-state index in [9.17, 15) is 4.39 Å². The predicted octanol–water partition coefficient (Wildman–Crippen LogP) is 4.57. The molecular weight excluding hydrogens is 272 g/mol. The second kappa shape index (κ2) is 5.27. The van der Waals surface area contributed by atoms with E-state index in [1.807, 2.05) is 6.07 Å². The molecular formula is C14H12Cl2FN. The highest BCUT2D eigenvalue weighted by Gasteiger charge is 2.11. The Balaban J connectivity index is 2.68. The average molecular weight is 284 g/mol. The number of halogens is 3. The van der Waals surface area contributed by atoms with Gasteiger partial charge in [-0.15, -0.1) is 0 Å². The highest BCUT2D eigenvalue weighted by atomic mass is 35.5. The van der Waals surface area contributed by atoms with E-state index >= 15 is 0 Å². The molecule has 0 saturated carbocycles. The molecule has 0 amide bonds. The van der Waals surface area contributed by atoms with Gasteiger partial charge in [0.25, 0.3) is 0 Å². The molecule has 2 aromatic carbocycles. The van der Waals surface area contributed by atoms with E-state index in [2.05, 4.69) is 0 Å². The molecule has 0 aliphatic rings. The lowest BCUT2D eigenvalue weighted by Crippen LogP contribution is -1.99. The van der Waals surface area contributed by atoms with Crippen molar-refractivity contribution in [1.29, 1.82) is 0 Å². The minimum atomic E-state index is -0.319. The van der Waals surface area contributed by atoms with Gasteiger partial charge in [0.15, 0.2) is 0 Å². The Labute approximate surface area is 115 Å². The van der Waals surface area contributed by atoms with Gasteiger partial charge in [-0.05, 0) is 47.9 Å². The van der Waals surface area contributed by atoms with E-state index in [1.54, 1.807) is 25.1 Å². The van der Waals surface area contributed by atoms with Crippen molar-refractivity contribution in [1.82, 2.24) is 0 Å². The summed E-state index contributed by atoms with van der Waals surface area (Å²) in [6, 6.07) is 8.45. The van der Waals surface area contributed by atoms with Crippen LogP contribution in [0.15, 0.2) is 30.3 Å². The normalized spacial score (nSPS) is 10.7. The third kappa shape index (κ3) is 2.51. The maximum absolute atomic E-state index is 13.4. The molecule has 0 heterocycles. The maximum Gasteiger partial charge on any atom is 0.127 e. The molecule has 0 aliphatic heterocycles. The fourth-order valence-electron chi connectivity index (χ4n) is 1.84. The van der Waals surface area contributed by atoms with E-state index in [0.29, 0.717) is 22.2 Å². The van der Waals surface area contributed by atoms with Crippen molar-refractivity contribution in [2.24, 2.45) is 5.73 Å². The van der Waals surface area contributed by atoms with Crippen molar-refractivity contribution in [3.8, 4) is 11.1 Å². The lowest BCUT2D eigenvalue weighted by Gasteiger charge is -2.12. The minimum Gasteiger partial charge on any atom is -0.326 e. The summed E-state index contributed by atoms with van der Waals surface area (Å²) >= 11 is 12.1. The molecule has 0 saturated heterocycles. The Kier molecular flexibility index (Phi) is 3.91. The van der Waals surface area contributed by atoms with Crippen LogP contribution >= 0.6 is 23.2 Å². The van der Waals surface area contributed by atoms with Gasteiger partial charge in [-0.1, -0.05) is 29.3 Å². The van der Waals surface area contributed by atoms with Gasteiger partial charge in [0, 0.05) is 17.1 Å². The van der Waals surface area contributed by atoms with E-state index < -0.39 is 0 Å².